The van der Waals surface area contributed by atoms with Crippen molar-refractivity contribution in [1.82, 2.24) is 0 Å². The molecule has 0 aliphatic heterocycles. The van der Waals surface area contributed by atoms with Crippen LogP contribution < -0.4 is 0 Å². The fourth-order valence-corrected chi connectivity index (χ4v) is 1.25. The van der Waals surface area contributed by atoms with Crippen molar-refractivity contribution in [3.63, 3.8) is 0 Å². The Balaban J connectivity index is 2.45. The first-order valence-electron chi connectivity index (χ1n) is 3.12. The zero-order chi connectivity index (χ0) is 8.10. The van der Waals surface area contributed by atoms with Crippen molar-refractivity contribution >= 4 is 15.3 Å². The molecular weight excluding hydrogens is 207 g/mol. The fraction of sp³-hybridized carbons (Fsp3) is 0.143. The molecule has 0 heterocycles. The summed E-state index contributed by atoms with van der Waals surface area (Å²) in [6.45, 7) is 0.223. The number of benzene rings is 1. The molecule has 1 aromatic carbocycles. The first kappa shape index (κ1) is 8.59. The minimum atomic E-state index is -3.15. The number of hydrogen-bond acceptors (Lipinski definition) is 2. The van der Waals surface area contributed by atoms with E-state index >= 15 is 0 Å². The van der Waals surface area contributed by atoms with Gasteiger partial charge in [-0.15, -0.1) is 0 Å². The Morgan fingerprint density at radius 2 is 2.00 bits per heavy atom. The molecule has 0 bridgehead atoms. The molecule has 3 nitrogen and oxygen atoms in total. The fourth-order valence-electron chi connectivity index (χ4n) is 0.704. The summed E-state index contributed by atoms with van der Waals surface area (Å²) in [4.78, 5) is 0. The van der Waals surface area contributed by atoms with Gasteiger partial charge in [0.15, 0.2) is 0 Å². The third-order valence-corrected chi connectivity index (χ3v) is 1.92. The van der Waals surface area contributed by atoms with Crippen LogP contribution in [0.15, 0.2) is 30.3 Å². The zero-order valence-corrected chi connectivity index (χ0v) is 7.68. The number of hydrogen-bond donors (Lipinski definition) is 1. The molecule has 0 aromatic heterocycles. The van der Waals surface area contributed by atoms with Crippen LogP contribution in [-0.2, 0) is 14.1 Å². The Bertz CT molecular complexity index is 235. The van der Waals surface area contributed by atoms with Crippen LogP contribution in [0.25, 0.3) is 0 Å². The van der Waals surface area contributed by atoms with Crippen molar-refractivity contribution in [2.45, 2.75) is 6.61 Å². The zero-order valence-electron chi connectivity index (χ0n) is 5.80. The molecule has 4 heteroatoms. The first-order valence-corrected chi connectivity index (χ1v) is 5.49. The Labute approximate surface area is 69.8 Å². The van der Waals surface area contributed by atoms with Gasteiger partial charge in [-0.25, -0.2) is 0 Å². The van der Waals surface area contributed by atoms with E-state index in [0.717, 1.165) is 5.56 Å². The molecule has 1 aromatic rings. The third kappa shape index (κ3) is 3.42. The summed E-state index contributed by atoms with van der Waals surface area (Å²) < 4.78 is 23.1. The second kappa shape index (κ2) is 4.39. The quantitative estimate of drug-likeness (QED) is 0.751. The van der Waals surface area contributed by atoms with Gasteiger partial charge in [0.1, 0.15) is 0 Å². The molecule has 0 aliphatic carbocycles. The van der Waals surface area contributed by atoms with Crippen molar-refractivity contribution in [3.8, 4) is 0 Å². The topological polar surface area (TPSA) is 46.5 Å². The van der Waals surface area contributed by atoms with Crippen LogP contribution in [0.2, 0.25) is 0 Å². The molecule has 1 atom stereocenters. The van der Waals surface area contributed by atoms with Gasteiger partial charge in [0.25, 0.3) is 0 Å². The summed E-state index contributed by atoms with van der Waals surface area (Å²) >= 11 is -3.15. The molecule has 0 saturated heterocycles. The normalized spacial score (nSPS) is 11.2. The maximum atomic E-state index is 10.2. The average molecular weight is 215 g/mol. The number of rotatable bonds is 3. The predicted molar refractivity (Wildman–Crippen MR) is 39.9 cm³/mol. The Kier molecular flexibility index (Phi) is 3.43. The van der Waals surface area contributed by atoms with Crippen LogP contribution in [-0.4, -0.2) is 19.4 Å². The Morgan fingerprint density at radius 1 is 1.36 bits per heavy atom. The second-order valence-corrected chi connectivity index (χ2v) is 3.54. The summed E-state index contributed by atoms with van der Waals surface area (Å²) in [6.07, 6.45) is 0. The van der Waals surface area contributed by atoms with Crippen LogP contribution in [0.1, 0.15) is 5.56 Å². The SMILES string of the molecule is O=[As](O)OCc1ccccc1. The molecule has 11 heavy (non-hydrogen) atoms. The van der Waals surface area contributed by atoms with Crippen molar-refractivity contribution in [2.24, 2.45) is 0 Å². The Morgan fingerprint density at radius 3 is 2.55 bits per heavy atom. The predicted octanol–water partition coefficient (Wildman–Crippen LogP) is 0.611. The van der Waals surface area contributed by atoms with Gasteiger partial charge in [-0.1, -0.05) is 0 Å². The van der Waals surface area contributed by atoms with Gasteiger partial charge in [0.05, 0.1) is 0 Å². The van der Waals surface area contributed by atoms with Crippen molar-refractivity contribution in [3.05, 3.63) is 35.9 Å². The van der Waals surface area contributed by atoms with Gasteiger partial charge in [-0.2, -0.15) is 0 Å². The van der Waals surface area contributed by atoms with E-state index in [1.165, 1.54) is 0 Å². The molecule has 0 amide bonds. The molecular formula is C7H8AsO3. The van der Waals surface area contributed by atoms with E-state index in [1.807, 2.05) is 30.3 Å². The minimum absolute atomic E-state index is 0.223. The molecule has 0 saturated carbocycles. The van der Waals surface area contributed by atoms with E-state index in [2.05, 4.69) is 3.73 Å². The van der Waals surface area contributed by atoms with Gasteiger partial charge in [-0.3, -0.25) is 0 Å². The standard InChI is InChI=1S/C7H8AsO3/c9-8(10)11-6-7-4-2-1-3-5-7/h1-5H,6H2,(H,9,10). The molecule has 1 radical (unpaired) electrons. The average Bonchev–Trinajstić information content (AvgIpc) is 2.03. The van der Waals surface area contributed by atoms with Gasteiger partial charge in [0, 0.05) is 0 Å². The molecule has 0 fully saturated rings. The van der Waals surface area contributed by atoms with Crippen LogP contribution >= 0.6 is 0 Å². The molecule has 59 valence electrons. The maximum absolute atomic E-state index is 10.2. The monoisotopic (exact) mass is 215 g/mol. The Hall–Kier alpha value is -0.502. The summed E-state index contributed by atoms with van der Waals surface area (Å²) in [5.74, 6) is 0. The molecule has 1 N–H and O–H groups in total. The van der Waals surface area contributed by atoms with Crippen molar-refractivity contribution < 1.29 is 11.6 Å². The van der Waals surface area contributed by atoms with E-state index in [9.17, 15) is 3.74 Å². The van der Waals surface area contributed by atoms with E-state index in [0.29, 0.717) is 0 Å². The summed E-state index contributed by atoms with van der Waals surface area (Å²) in [6, 6.07) is 9.29. The van der Waals surface area contributed by atoms with E-state index in [1.54, 1.807) is 0 Å². The molecule has 0 spiro atoms. The van der Waals surface area contributed by atoms with Crippen LogP contribution in [0.5, 0.6) is 0 Å². The van der Waals surface area contributed by atoms with Gasteiger partial charge < -0.3 is 0 Å². The van der Waals surface area contributed by atoms with E-state index in [4.69, 9.17) is 4.10 Å². The summed E-state index contributed by atoms with van der Waals surface area (Å²) in [7, 11) is 0. The van der Waals surface area contributed by atoms with Gasteiger partial charge in [-0.05, 0) is 0 Å². The first-order chi connectivity index (χ1) is 5.29. The van der Waals surface area contributed by atoms with Crippen LogP contribution in [0, 0.1) is 0 Å². The molecule has 1 rings (SSSR count). The molecule has 0 aliphatic rings. The summed E-state index contributed by atoms with van der Waals surface area (Å²) in [5, 5.41) is 0. The third-order valence-electron chi connectivity index (χ3n) is 1.18. The van der Waals surface area contributed by atoms with E-state index < -0.39 is 15.3 Å². The van der Waals surface area contributed by atoms with E-state index in [-0.39, 0.29) is 6.61 Å². The second-order valence-electron chi connectivity index (χ2n) is 2.00. The van der Waals surface area contributed by atoms with Gasteiger partial charge >= 0.3 is 69.3 Å². The van der Waals surface area contributed by atoms with Crippen molar-refractivity contribution in [1.29, 1.82) is 0 Å². The van der Waals surface area contributed by atoms with Crippen molar-refractivity contribution in [2.75, 3.05) is 0 Å². The van der Waals surface area contributed by atoms with Crippen LogP contribution in [0.4, 0.5) is 0 Å². The van der Waals surface area contributed by atoms with Gasteiger partial charge in [0.2, 0.25) is 0 Å². The summed E-state index contributed by atoms with van der Waals surface area (Å²) in [5.41, 5.74) is 0.914. The molecule has 1 unspecified atom stereocenters. The van der Waals surface area contributed by atoms with Crippen LogP contribution in [0.3, 0.4) is 0 Å².